The molecular weight excluding hydrogens is 643 g/mol. The Bertz CT molecular complexity index is 1900. The Morgan fingerprint density at radius 2 is 1.94 bits per heavy atom. The highest BCUT2D eigenvalue weighted by molar-refractivity contribution is 6.30. The third-order valence-corrected chi connectivity index (χ3v) is 10.1. The minimum absolute atomic E-state index is 0.0289. The highest BCUT2D eigenvalue weighted by Gasteiger charge is 2.46. The molecule has 48 heavy (non-hydrogen) atoms. The number of rotatable bonds is 8. The first-order valence-corrected chi connectivity index (χ1v) is 16.5. The summed E-state index contributed by atoms with van der Waals surface area (Å²) < 4.78 is 52.5. The van der Waals surface area contributed by atoms with E-state index in [0.717, 1.165) is 36.6 Å². The Balaban J connectivity index is 1.09. The number of piperazine rings is 1. The summed E-state index contributed by atoms with van der Waals surface area (Å²) in [5.74, 6) is 0.216. The van der Waals surface area contributed by atoms with E-state index >= 15 is 4.39 Å². The van der Waals surface area contributed by atoms with Crippen LogP contribution in [0.2, 0.25) is 5.02 Å². The van der Waals surface area contributed by atoms with Crippen LogP contribution in [0.15, 0.2) is 48.5 Å². The Morgan fingerprint density at radius 3 is 2.69 bits per heavy atom. The number of imidazole rings is 1. The molecule has 4 atom stereocenters. The molecule has 3 saturated heterocycles. The number of carbonyl (C=O) groups is 1. The van der Waals surface area contributed by atoms with Gasteiger partial charge in [-0.1, -0.05) is 17.7 Å². The molecule has 13 heteroatoms. The molecule has 0 saturated carbocycles. The van der Waals surface area contributed by atoms with Gasteiger partial charge in [-0.2, -0.15) is 0 Å². The fourth-order valence-corrected chi connectivity index (χ4v) is 7.48. The van der Waals surface area contributed by atoms with Gasteiger partial charge in [-0.25, -0.2) is 14.2 Å². The van der Waals surface area contributed by atoms with Gasteiger partial charge in [0.05, 0.1) is 81.0 Å². The second-order valence-electron chi connectivity index (χ2n) is 12.7. The second kappa shape index (κ2) is 12.1. The lowest BCUT2D eigenvalue weighted by Gasteiger charge is -2.44. The summed E-state index contributed by atoms with van der Waals surface area (Å²) >= 11 is 6.02. The molecule has 1 unspecified atom stereocenters. The largest absolute Gasteiger partial charge is 0.494 e. The summed E-state index contributed by atoms with van der Waals surface area (Å²) in [6.45, 7) is 6.15. The topological polar surface area (TPSA) is 96.8 Å². The zero-order valence-electron chi connectivity index (χ0n) is 26.9. The van der Waals surface area contributed by atoms with Gasteiger partial charge >= 0.3 is 5.97 Å². The number of esters is 1. The van der Waals surface area contributed by atoms with Crippen molar-refractivity contribution in [3.63, 3.8) is 0 Å². The number of para-hydroxylation sites is 1. The molecule has 252 valence electrons. The number of benzene rings is 3. The molecule has 0 bridgehead atoms. The van der Waals surface area contributed by atoms with Crippen LogP contribution in [0.4, 0.5) is 10.1 Å². The average molecular weight is 679 g/mol. The second-order valence-corrected chi connectivity index (χ2v) is 13.1. The zero-order valence-corrected chi connectivity index (χ0v) is 27.7. The zero-order chi connectivity index (χ0) is 33.2. The number of ether oxygens (including phenoxy) is 6. The van der Waals surface area contributed by atoms with Gasteiger partial charge in [-0.05, 0) is 48.9 Å². The van der Waals surface area contributed by atoms with Crippen LogP contribution in [0.1, 0.15) is 35.1 Å². The van der Waals surface area contributed by atoms with Gasteiger partial charge in [0.2, 0.25) is 0 Å². The van der Waals surface area contributed by atoms with Crippen LogP contribution in [0.25, 0.3) is 11.0 Å². The number of hydrogen-bond acceptors (Lipinski definition) is 10. The Morgan fingerprint density at radius 1 is 1.10 bits per heavy atom. The van der Waals surface area contributed by atoms with E-state index in [4.69, 9.17) is 45.0 Å². The van der Waals surface area contributed by atoms with Gasteiger partial charge in [0, 0.05) is 31.6 Å². The first kappa shape index (κ1) is 31.2. The first-order valence-electron chi connectivity index (χ1n) is 16.1. The van der Waals surface area contributed by atoms with Crippen LogP contribution in [0.3, 0.4) is 0 Å². The number of nitrogens with zero attached hydrogens (tertiary/aromatic N) is 4. The molecule has 0 aliphatic carbocycles. The minimum atomic E-state index is -1.35. The summed E-state index contributed by atoms with van der Waals surface area (Å²) in [7, 11) is 2.94. The highest BCUT2D eigenvalue weighted by Crippen LogP contribution is 2.51. The molecule has 0 spiro atoms. The molecule has 4 aliphatic rings. The predicted molar refractivity (Wildman–Crippen MR) is 175 cm³/mol. The minimum Gasteiger partial charge on any atom is -0.494 e. The van der Waals surface area contributed by atoms with Crippen LogP contribution >= 0.6 is 11.6 Å². The molecule has 5 heterocycles. The molecular formula is C35H36ClFN4O7. The summed E-state index contributed by atoms with van der Waals surface area (Å²) in [4.78, 5) is 22.3. The van der Waals surface area contributed by atoms with E-state index in [2.05, 4.69) is 14.4 Å². The van der Waals surface area contributed by atoms with E-state index in [1.54, 1.807) is 32.2 Å². The van der Waals surface area contributed by atoms with Crippen molar-refractivity contribution >= 4 is 34.3 Å². The smallest absolute Gasteiger partial charge is 0.338 e. The number of methoxy groups -OCH3 is 2. The lowest BCUT2D eigenvalue weighted by Crippen LogP contribution is -2.59. The standard InChI is InChI=1S/C35H36ClFN4O7/c1-35(23-8-7-21(36)15-24(23)37)47-29-6-4-5-25(33(29)48-35)40-11-10-39(27-18-45-19-28(27)40)17-31-38-32-26(41(31)16-22-9-12-46-22)13-20(34(42)44-3)14-30(32)43-2/h4-8,13-15,22,27-28H,9-12,16-19H2,1-3H3/t22-,27-,28+,35?/m0/s1. The van der Waals surface area contributed by atoms with Crippen LogP contribution in [-0.4, -0.2) is 85.7 Å². The number of carbonyl (C=O) groups excluding carboxylic acids is 1. The summed E-state index contributed by atoms with van der Waals surface area (Å²) in [5, 5.41) is 0.304. The van der Waals surface area contributed by atoms with E-state index in [9.17, 15) is 4.79 Å². The lowest BCUT2D eigenvalue weighted by molar-refractivity contribution is -0.0705. The summed E-state index contributed by atoms with van der Waals surface area (Å²) in [5.41, 5.74) is 3.04. The molecule has 4 aromatic rings. The Hall–Kier alpha value is -4.10. The quantitative estimate of drug-likeness (QED) is 0.233. The third-order valence-electron chi connectivity index (χ3n) is 9.87. The van der Waals surface area contributed by atoms with Crippen molar-refractivity contribution in [2.24, 2.45) is 0 Å². The molecule has 1 aromatic heterocycles. The third kappa shape index (κ3) is 5.22. The maximum absolute atomic E-state index is 15.0. The van der Waals surface area contributed by atoms with E-state index < -0.39 is 17.6 Å². The van der Waals surface area contributed by atoms with Crippen LogP contribution in [0, 0.1) is 5.82 Å². The number of anilines is 1. The summed E-state index contributed by atoms with van der Waals surface area (Å²) in [6, 6.07) is 13.9. The van der Waals surface area contributed by atoms with Crippen LogP contribution in [-0.2, 0) is 33.1 Å². The van der Waals surface area contributed by atoms with Gasteiger partial charge in [0.15, 0.2) is 11.5 Å². The van der Waals surface area contributed by atoms with Crippen molar-refractivity contribution in [1.82, 2.24) is 14.5 Å². The fourth-order valence-electron chi connectivity index (χ4n) is 7.32. The fraction of sp³-hybridized carbons (Fsp3) is 0.429. The molecule has 11 nitrogen and oxygen atoms in total. The van der Waals surface area contributed by atoms with Gasteiger partial charge < -0.3 is 37.9 Å². The highest BCUT2D eigenvalue weighted by atomic mass is 35.5. The van der Waals surface area contributed by atoms with Crippen molar-refractivity contribution in [3.05, 3.63) is 76.3 Å². The summed E-state index contributed by atoms with van der Waals surface area (Å²) in [6.07, 6.45) is 1.03. The number of fused-ring (bicyclic) bond motifs is 3. The molecule has 3 fully saturated rings. The average Bonchev–Trinajstić information content (AvgIpc) is 3.77. The van der Waals surface area contributed by atoms with Crippen molar-refractivity contribution in [3.8, 4) is 17.2 Å². The molecule has 0 amide bonds. The van der Waals surface area contributed by atoms with Crippen molar-refractivity contribution in [1.29, 1.82) is 0 Å². The Labute approximate surface area is 282 Å². The number of aromatic nitrogens is 2. The van der Waals surface area contributed by atoms with Crippen molar-refractivity contribution < 1.29 is 37.6 Å². The van der Waals surface area contributed by atoms with E-state index in [0.29, 0.717) is 66.2 Å². The predicted octanol–water partition coefficient (Wildman–Crippen LogP) is 5.15. The van der Waals surface area contributed by atoms with Gasteiger partial charge in [-0.3, -0.25) is 4.90 Å². The Kier molecular flexibility index (Phi) is 7.86. The van der Waals surface area contributed by atoms with Crippen LogP contribution in [0.5, 0.6) is 17.2 Å². The van der Waals surface area contributed by atoms with Crippen molar-refractivity contribution in [2.75, 3.05) is 52.0 Å². The molecule has 3 aromatic carbocycles. The number of halogens is 2. The first-order chi connectivity index (χ1) is 23.3. The van der Waals surface area contributed by atoms with E-state index in [-0.39, 0.29) is 23.8 Å². The van der Waals surface area contributed by atoms with E-state index in [1.807, 2.05) is 24.3 Å². The molecule has 4 aliphatic heterocycles. The lowest BCUT2D eigenvalue weighted by atomic mass is 10.0. The molecule has 8 rings (SSSR count). The number of hydrogen-bond donors (Lipinski definition) is 0. The van der Waals surface area contributed by atoms with Gasteiger partial charge in [0.25, 0.3) is 5.79 Å². The maximum atomic E-state index is 15.0. The van der Waals surface area contributed by atoms with Crippen LogP contribution < -0.4 is 19.1 Å². The normalized spacial score (nSPS) is 24.9. The monoisotopic (exact) mass is 678 g/mol. The van der Waals surface area contributed by atoms with Crippen molar-refractivity contribution in [2.45, 2.75) is 50.4 Å². The van der Waals surface area contributed by atoms with Gasteiger partial charge in [-0.15, -0.1) is 0 Å². The van der Waals surface area contributed by atoms with E-state index in [1.165, 1.54) is 13.2 Å². The molecule has 0 radical (unpaired) electrons. The SMILES string of the molecule is COC(=O)c1cc(OC)c2nc(CN3CCN(c4cccc5c4OC(C)(c4ccc(Cl)cc4F)O5)[C@@H]4COC[C@@H]43)n(C[C@@H]3CCO3)c2c1. The molecule has 0 N–H and O–H groups in total. The van der Waals surface area contributed by atoms with Gasteiger partial charge in [0.1, 0.15) is 22.9 Å². The maximum Gasteiger partial charge on any atom is 0.338 e.